The fraction of sp³-hybridized carbons (Fsp3) is 0.750. The molecule has 1 saturated carbocycles. The molecule has 0 radical (unpaired) electrons. The van der Waals surface area contributed by atoms with E-state index >= 15 is 0 Å². The summed E-state index contributed by atoms with van der Waals surface area (Å²) >= 11 is 0. The third kappa shape index (κ3) is 2.18. The van der Waals surface area contributed by atoms with Gasteiger partial charge in [0, 0.05) is 20.7 Å². The lowest BCUT2D eigenvalue weighted by Crippen LogP contribution is -2.42. The maximum absolute atomic E-state index is 12.0. The molecule has 2 unspecified atom stereocenters. The van der Waals surface area contributed by atoms with Crippen LogP contribution >= 0.6 is 0 Å². The smallest absolute Gasteiger partial charge is 0.346 e. The van der Waals surface area contributed by atoms with Gasteiger partial charge >= 0.3 is 5.69 Å². The van der Waals surface area contributed by atoms with Gasteiger partial charge in [0.15, 0.2) is 0 Å². The molecule has 104 valence electrons. The van der Waals surface area contributed by atoms with Gasteiger partial charge in [0.1, 0.15) is 0 Å². The Morgan fingerprint density at radius 1 is 1.26 bits per heavy atom. The topological polar surface area (TPSA) is 78.2 Å². The fourth-order valence-electron chi connectivity index (χ4n) is 2.62. The van der Waals surface area contributed by atoms with Crippen molar-refractivity contribution >= 4 is 5.82 Å². The van der Waals surface area contributed by atoms with Crippen LogP contribution in [0.1, 0.15) is 19.3 Å². The highest BCUT2D eigenvalue weighted by Crippen LogP contribution is 2.39. The molecule has 19 heavy (non-hydrogen) atoms. The zero-order valence-corrected chi connectivity index (χ0v) is 11.1. The molecule has 0 aromatic carbocycles. The molecule has 2 heterocycles. The summed E-state index contributed by atoms with van der Waals surface area (Å²) in [7, 11) is 3.00. The number of nitrogens with one attached hydrogen (secondary N) is 1. The van der Waals surface area contributed by atoms with Crippen LogP contribution in [-0.4, -0.2) is 33.1 Å². The van der Waals surface area contributed by atoms with E-state index < -0.39 is 5.69 Å². The van der Waals surface area contributed by atoms with E-state index in [2.05, 4.69) is 10.4 Å². The van der Waals surface area contributed by atoms with Crippen LogP contribution in [0, 0.1) is 5.92 Å². The Morgan fingerprint density at radius 2 is 2.00 bits per heavy atom. The SMILES string of the molecule is Cn1nc(NC2CCOC2C2CC2)c(=O)n(C)c1=O. The second-order valence-electron chi connectivity index (χ2n) is 5.33. The molecule has 1 aromatic rings. The maximum Gasteiger partial charge on any atom is 0.346 e. The fourth-order valence-corrected chi connectivity index (χ4v) is 2.62. The molecule has 7 heteroatoms. The number of rotatable bonds is 3. The summed E-state index contributed by atoms with van der Waals surface area (Å²) < 4.78 is 7.96. The highest BCUT2D eigenvalue weighted by Gasteiger charge is 2.41. The van der Waals surface area contributed by atoms with Crippen LogP contribution in [0.3, 0.4) is 0 Å². The highest BCUT2D eigenvalue weighted by atomic mass is 16.5. The Kier molecular flexibility index (Phi) is 2.93. The van der Waals surface area contributed by atoms with Crippen LogP contribution in [0.2, 0.25) is 0 Å². The van der Waals surface area contributed by atoms with Crippen molar-refractivity contribution in [2.75, 3.05) is 11.9 Å². The average molecular weight is 266 g/mol. The van der Waals surface area contributed by atoms with Crippen molar-refractivity contribution < 1.29 is 4.74 Å². The first-order valence-corrected chi connectivity index (χ1v) is 6.60. The number of hydrogen-bond donors (Lipinski definition) is 1. The minimum absolute atomic E-state index is 0.116. The number of aromatic nitrogens is 3. The summed E-state index contributed by atoms with van der Waals surface area (Å²) in [5.41, 5.74) is -0.804. The van der Waals surface area contributed by atoms with Gasteiger partial charge in [-0.25, -0.2) is 9.48 Å². The minimum atomic E-state index is -0.419. The Hall–Kier alpha value is -1.63. The molecule has 7 nitrogen and oxygen atoms in total. The first kappa shape index (κ1) is 12.4. The summed E-state index contributed by atoms with van der Waals surface area (Å²) in [4.78, 5) is 23.6. The van der Waals surface area contributed by atoms with Crippen LogP contribution in [0.25, 0.3) is 0 Å². The standard InChI is InChI=1S/C12H18N4O3/c1-15-11(17)10(14-16(2)12(15)18)13-8-5-6-19-9(8)7-3-4-7/h7-9H,3-6H2,1-2H3,(H,13,14). The predicted molar refractivity (Wildman–Crippen MR) is 69.2 cm³/mol. The van der Waals surface area contributed by atoms with E-state index in [1.807, 2.05) is 0 Å². The number of hydrogen-bond acceptors (Lipinski definition) is 5. The summed E-state index contributed by atoms with van der Waals surface area (Å²) in [6.45, 7) is 0.713. The lowest BCUT2D eigenvalue weighted by Gasteiger charge is -2.19. The van der Waals surface area contributed by atoms with Gasteiger partial charge in [-0.15, -0.1) is 5.10 Å². The van der Waals surface area contributed by atoms with Crippen molar-refractivity contribution in [3.63, 3.8) is 0 Å². The monoisotopic (exact) mass is 266 g/mol. The second-order valence-corrected chi connectivity index (χ2v) is 5.33. The molecule has 1 aliphatic heterocycles. The predicted octanol–water partition coefficient (Wildman–Crippen LogP) is -0.542. The molecule has 3 rings (SSSR count). The molecular formula is C12H18N4O3. The minimum Gasteiger partial charge on any atom is -0.376 e. The molecular weight excluding hydrogens is 248 g/mol. The van der Waals surface area contributed by atoms with Gasteiger partial charge in [-0.2, -0.15) is 0 Å². The van der Waals surface area contributed by atoms with Crippen molar-refractivity contribution in [1.82, 2.24) is 14.3 Å². The van der Waals surface area contributed by atoms with Crippen LogP contribution < -0.4 is 16.6 Å². The number of ether oxygens (including phenoxy) is 1. The lowest BCUT2D eigenvalue weighted by molar-refractivity contribution is 0.0897. The zero-order chi connectivity index (χ0) is 13.6. The van der Waals surface area contributed by atoms with Gasteiger partial charge in [-0.1, -0.05) is 0 Å². The van der Waals surface area contributed by atoms with Gasteiger partial charge < -0.3 is 10.1 Å². The van der Waals surface area contributed by atoms with Gasteiger partial charge in [0.25, 0.3) is 5.56 Å². The molecule has 0 amide bonds. The molecule has 1 saturated heterocycles. The molecule has 1 N–H and O–H groups in total. The Bertz CT molecular complexity index is 602. The van der Waals surface area contributed by atoms with E-state index in [1.165, 1.54) is 31.6 Å². The van der Waals surface area contributed by atoms with Crippen LogP contribution in [-0.2, 0) is 18.8 Å². The first-order valence-electron chi connectivity index (χ1n) is 6.60. The maximum atomic E-state index is 12.0. The normalized spacial score (nSPS) is 26.6. The molecule has 2 aliphatic rings. The molecule has 2 fully saturated rings. The summed E-state index contributed by atoms with van der Waals surface area (Å²) in [6.07, 6.45) is 3.43. The zero-order valence-electron chi connectivity index (χ0n) is 11.1. The van der Waals surface area contributed by atoms with E-state index in [0.29, 0.717) is 12.5 Å². The summed E-state index contributed by atoms with van der Waals surface area (Å²) in [5.74, 6) is 0.835. The molecule has 1 aromatic heterocycles. The van der Waals surface area contributed by atoms with Gasteiger partial charge in [0.05, 0.1) is 12.1 Å². The van der Waals surface area contributed by atoms with E-state index in [1.54, 1.807) is 0 Å². The van der Waals surface area contributed by atoms with E-state index in [4.69, 9.17) is 4.74 Å². The van der Waals surface area contributed by atoms with E-state index in [0.717, 1.165) is 11.0 Å². The van der Waals surface area contributed by atoms with Gasteiger partial charge in [-0.05, 0) is 25.2 Å². The number of aryl methyl sites for hydroxylation is 1. The quantitative estimate of drug-likeness (QED) is 0.795. The second kappa shape index (κ2) is 4.48. The summed E-state index contributed by atoms with van der Waals surface area (Å²) in [6, 6.07) is 0.116. The number of anilines is 1. The molecule has 0 spiro atoms. The van der Waals surface area contributed by atoms with Crippen LogP contribution in [0.4, 0.5) is 5.82 Å². The Morgan fingerprint density at radius 3 is 2.68 bits per heavy atom. The van der Waals surface area contributed by atoms with Crippen LogP contribution in [0.5, 0.6) is 0 Å². The Balaban J connectivity index is 1.87. The molecule has 1 aliphatic carbocycles. The Labute approximate surface area is 110 Å². The summed E-state index contributed by atoms with van der Waals surface area (Å²) in [5, 5.41) is 7.18. The third-order valence-electron chi connectivity index (χ3n) is 3.87. The van der Waals surface area contributed by atoms with Crippen molar-refractivity contribution in [2.24, 2.45) is 20.0 Å². The van der Waals surface area contributed by atoms with Crippen molar-refractivity contribution in [3.05, 3.63) is 20.8 Å². The first-order chi connectivity index (χ1) is 9.08. The van der Waals surface area contributed by atoms with Gasteiger partial charge in [0.2, 0.25) is 5.82 Å². The van der Waals surface area contributed by atoms with Crippen molar-refractivity contribution in [2.45, 2.75) is 31.4 Å². The van der Waals surface area contributed by atoms with Crippen LogP contribution in [0.15, 0.2) is 9.59 Å². The molecule has 0 bridgehead atoms. The van der Waals surface area contributed by atoms with Gasteiger partial charge in [-0.3, -0.25) is 9.36 Å². The largest absolute Gasteiger partial charge is 0.376 e. The highest BCUT2D eigenvalue weighted by molar-refractivity contribution is 5.32. The van der Waals surface area contributed by atoms with E-state index in [9.17, 15) is 9.59 Å². The third-order valence-corrected chi connectivity index (χ3v) is 3.87. The van der Waals surface area contributed by atoms with Crippen molar-refractivity contribution in [1.29, 1.82) is 0 Å². The lowest BCUT2D eigenvalue weighted by atomic mass is 10.1. The van der Waals surface area contributed by atoms with E-state index in [-0.39, 0.29) is 23.5 Å². The van der Waals surface area contributed by atoms with Crippen molar-refractivity contribution in [3.8, 4) is 0 Å². The average Bonchev–Trinajstić information content (AvgIpc) is 3.14. The molecule has 2 atom stereocenters. The number of nitrogens with zero attached hydrogens (tertiary/aromatic N) is 3.